The van der Waals surface area contributed by atoms with Crippen LogP contribution in [0.2, 0.25) is 0 Å². The van der Waals surface area contributed by atoms with Gasteiger partial charge in [-0.1, -0.05) is 24.3 Å². The molecule has 2 aromatic rings. The van der Waals surface area contributed by atoms with Crippen LogP contribution in [0.1, 0.15) is 27.0 Å². The predicted molar refractivity (Wildman–Crippen MR) is 101 cm³/mol. The number of thiocarbonyl (C=S) groups is 1. The van der Waals surface area contributed by atoms with Crippen molar-refractivity contribution in [3.8, 4) is 0 Å². The molecule has 0 aliphatic rings. The topological polar surface area (TPSA) is 62.7 Å². The van der Waals surface area contributed by atoms with Gasteiger partial charge in [-0.15, -0.1) is 0 Å². The number of rotatable bonds is 4. The highest BCUT2D eigenvalue weighted by molar-refractivity contribution is 7.80. The average molecular weight is 341 g/mol. The first-order valence-electron chi connectivity index (χ1n) is 7.36. The molecule has 0 saturated carbocycles. The number of aryl methyl sites for hydroxylation is 1. The molecule has 2 aromatic carbocycles. The van der Waals surface area contributed by atoms with Crippen LogP contribution in [0.3, 0.4) is 0 Å². The summed E-state index contributed by atoms with van der Waals surface area (Å²) in [6.45, 7) is 4.08. The molecule has 0 aliphatic carbocycles. The Morgan fingerprint density at radius 1 is 1.17 bits per heavy atom. The lowest BCUT2D eigenvalue weighted by Gasteiger charge is -2.11. The summed E-state index contributed by atoms with van der Waals surface area (Å²) >= 11 is 5.23. The quantitative estimate of drug-likeness (QED) is 0.386. The van der Waals surface area contributed by atoms with Crippen LogP contribution in [0.4, 0.5) is 5.69 Å². The van der Waals surface area contributed by atoms with E-state index in [0.29, 0.717) is 10.7 Å². The minimum atomic E-state index is -0.365. The number of hydrogen-bond acceptors (Lipinski definition) is 4. The van der Waals surface area contributed by atoms with E-state index in [1.807, 2.05) is 32.0 Å². The minimum Gasteiger partial charge on any atom is -0.465 e. The Morgan fingerprint density at radius 3 is 2.54 bits per heavy atom. The van der Waals surface area contributed by atoms with Crippen LogP contribution in [-0.2, 0) is 4.74 Å². The Balaban J connectivity index is 1.92. The molecular formula is C18H19N3O2S. The van der Waals surface area contributed by atoms with E-state index in [4.69, 9.17) is 12.2 Å². The molecule has 0 aliphatic heterocycles. The molecule has 0 saturated heterocycles. The Bertz CT molecular complexity index is 770. The molecule has 5 nitrogen and oxygen atoms in total. The number of nitrogens with one attached hydrogen (secondary N) is 2. The molecule has 2 rings (SSSR count). The fourth-order valence-electron chi connectivity index (χ4n) is 2.03. The molecule has 0 bridgehead atoms. The second-order valence-corrected chi connectivity index (χ2v) is 5.59. The molecular weight excluding hydrogens is 322 g/mol. The van der Waals surface area contributed by atoms with Crippen LogP contribution < -0.4 is 10.7 Å². The van der Waals surface area contributed by atoms with E-state index in [-0.39, 0.29) is 5.97 Å². The molecule has 2 N–H and O–H groups in total. The number of ether oxygens (including phenoxy) is 1. The van der Waals surface area contributed by atoms with Gasteiger partial charge in [0.2, 0.25) is 0 Å². The number of benzene rings is 2. The van der Waals surface area contributed by atoms with Gasteiger partial charge < -0.3 is 10.1 Å². The Labute approximate surface area is 146 Å². The van der Waals surface area contributed by atoms with E-state index in [1.54, 1.807) is 30.5 Å². The number of hydrazone groups is 1. The van der Waals surface area contributed by atoms with Gasteiger partial charge in [0.15, 0.2) is 5.11 Å². The van der Waals surface area contributed by atoms with Gasteiger partial charge in [0.25, 0.3) is 0 Å². The van der Waals surface area contributed by atoms with Crippen LogP contribution in [0.25, 0.3) is 0 Å². The summed E-state index contributed by atoms with van der Waals surface area (Å²) in [6.07, 6.45) is 1.62. The van der Waals surface area contributed by atoms with Gasteiger partial charge in [-0.2, -0.15) is 5.10 Å². The second kappa shape index (κ2) is 8.21. The van der Waals surface area contributed by atoms with Crippen molar-refractivity contribution in [1.82, 2.24) is 5.43 Å². The maximum atomic E-state index is 11.4. The molecule has 6 heteroatoms. The summed E-state index contributed by atoms with van der Waals surface area (Å²) in [7, 11) is 1.35. The first-order valence-corrected chi connectivity index (χ1v) is 7.76. The van der Waals surface area contributed by atoms with Gasteiger partial charge >= 0.3 is 5.97 Å². The maximum absolute atomic E-state index is 11.4. The summed E-state index contributed by atoms with van der Waals surface area (Å²) in [5.41, 5.74) is 7.39. The highest BCUT2D eigenvalue weighted by atomic mass is 32.1. The van der Waals surface area contributed by atoms with Crippen LogP contribution in [0.5, 0.6) is 0 Å². The maximum Gasteiger partial charge on any atom is 0.337 e. The van der Waals surface area contributed by atoms with Gasteiger partial charge in [-0.3, -0.25) is 5.43 Å². The van der Waals surface area contributed by atoms with Crippen molar-refractivity contribution in [3.05, 3.63) is 64.7 Å². The van der Waals surface area contributed by atoms with Gasteiger partial charge in [0.1, 0.15) is 0 Å². The number of carbonyl (C=O) groups is 1. The third-order valence-corrected chi connectivity index (χ3v) is 3.76. The standard InChI is InChI=1S/C18H19N3O2S/c1-12-5-4-6-16(13(12)2)20-18(24)21-19-11-14-7-9-15(10-8-14)17(22)23-3/h4-11H,1-3H3,(H2,20,21,24)/b19-11+. The zero-order valence-electron chi connectivity index (χ0n) is 13.8. The lowest BCUT2D eigenvalue weighted by Crippen LogP contribution is -2.24. The fourth-order valence-corrected chi connectivity index (χ4v) is 2.19. The van der Waals surface area contributed by atoms with Gasteiger partial charge in [-0.05, 0) is 61.0 Å². The minimum absolute atomic E-state index is 0.365. The van der Waals surface area contributed by atoms with Gasteiger partial charge in [-0.25, -0.2) is 4.79 Å². The third kappa shape index (κ3) is 4.63. The van der Waals surface area contributed by atoms with Gasteiger partial charge in [0, 0.05) is 5.69 Å². The largest absolute Gasteiger partial charge is 0.465 e. The number of esters is 1. The molecule has 0 heterocycles. The first kappa shape index (κ1) is 17.6. The van der Waals surface area contributed by atoms with Crippen LogP contribution in [-0.4, -0.2) is 24.4 Å². The van der Waals surface area contributed by atoms with Crippen molar-refractivity contribution in [1.29, 1.82) is 0 Å². The Kier molecular flexibility index (Phi) is 6.03. The Hall–Kier alpha value is -2.73. The van der Waals surface area contributed by atoms with Crippen LogP contribution >= 0.6 is 12.2 Å². The zero-order chi connectivity index (χ0) is 17.5. The lowest BCUT2D eigenvalue weighted by molar-refractivity contribution is 0.0600. The lowest BCUT2D eigenvalue weighted by atomic mass is 10.1. The summed E-state index contributed by atoms with van der Waals surface area (Å²) in [4.78, 5) is 11.4. The van der Waals surface area contributed by atoms with E-state index in [2.05, 4.69) is 20.6 Å². The van der Waals surface area contributed by atoms with Crippen molar-refractivity contribution in [2.24, 2.45) is 5.10 Å². The molecule has 0 amide bonds. The van der Waals surface area contributed by atoms with Crippen molar-refractivity contribution < 1.29 is 9.53 Å². The number of hydrogen-bond donors (Lipinski definition) is 2. The average Bonchev–Trinajstić information content (AvgIpc) is 2.59. The van der Waals surface area contributed by atoms with Crippen molar-refractivity contribution in [3.63, 3.8) is 0 Å². The predicted octanol–water partition coefficient (Wildman–Crippen LogP) is 3.41. The van der Waals surface area contributed by atoms with E-state index in [9.17, 15) is 4.79 Å². The monoisotopic (exact) mass is 341 g/mol. The fraction of sp³-hybridized carbons (Fsp3) is 0.167. The smallest absolute Gasteiger partial charge is 0.337 e. The molecule has 0 radical (unpaired) electrons. The third-order valence-electron chi connectivity index (χ3n) is 3.56. The van der Waals surface area contributed by atoms with E-state index in [1.165, 1.54) is 12.7 Å². The molecule has 0 spiro atoms. The molecule has 0 atom stereocenters. The molecule has 0 unspecified atom stereocenters. The van der Waals surface area contributed by atoms with E-state index >= 15 is 0 Å². The van der Waals surface area contributed by atoms with E-state index < -0.39 is 0 Å². The van der Waals surface area contributed by atoms with Crippen LogP contribution in [0, 0.1) is 13.8 Å². The molecule has 124 valence electrons. The number of carbonyl (C=O) groups excluding carboxylic acids is 1. The van der Waals surface area contributed by atoms with Crippen molar-refractivity contribution in [2.75, 3.05) is 12.4 Å². The van der Waals surface area contributed by atoms with Crippen LogP contribution in [0.15, 0.2) is 47.6 Å². The molecule has 0 fully saturated rings. The summed E-state index contributed by atoms with van der Waals surface area (Å²) in [5.74, 6) is -0.365. The number of methoxy groups -OCH3 is 1. The number of anilines is 1. The number of nitrogens with zero attached hydrogens (tertiary/aromatic N) is 1. The summed E-state index contributed by atoms with van der Waals surface area (Å²) in [5, 5.41) is 7.61. The zero-order valence-corrected chi connectivity index (χ0v) is 14.6. The normalized spacial score (nSPS) is 10.5. The molecule has 0 aromatic heterocycles. The second-order valence-electron chi connectivity index (χ2n) is 5.19. The molecule has 24 heavy (non-hydrogen) atoms. The van der Waals surface area contributed by atoms with Crippen molar-refractivity contribution in [2.45, 2.75) is 13.8 Å². The van der Waals surface area contributed by atoms with Crippen molar-refractivity contribution >= 4 is 35.2 Å². The van der Waals surface area contributed by atoms with E-state index in [0.717, 1.165) is 16.8 Å². The summed E-state index contributed by atoms with van der Waals surface area (Å²) < 4.78 is 4.65. The first-order chi connectivity index (χ1) is 11.5. The summed E-state index contributed by atoms with van der Waals surface area (Å²) in [6, 6.07) is 12.9. The van der Waals surface area contributed by atoms with Gasteiger partial charge in [0.05, 0.1) is 18.9 Å². The highest BCUT2D eigenvalue weighted by Crippen LogP contribution is 2.17. The highest BCUT2D eigenvalue weighted by Gasteiger charge is 2.04. The SMILES string of the molecule is COC(=O)c1ccc(/C=N/NC(=S)Nc2cccc(C)c2C)cc1. The Morgan fingerprint density at radius 2 is 1.88 bits per heavy atom.